The summed E-state index contributed by atoms with van der Waals surface area (Å²) in [6, 6.07) is 9.49. The Morgan fingerprint density at radius 3 is 2.65 bits per heavy atom. The van der Waals surface area contributed by atoms with Crippen LogP contribution in [-0.2, 0) is 7.05 Å². The van der Waals surface area contributed by atoms with Gasteiger partial charge in [-0.2, -0.15) is 5.10 Å². The van der Waals surface area contributed by atoms with Crippen molar-refractivity contribution in [2.45, 2.75) is 6.92 Å². The van der Waals surface area contributed by atoms with E-state index in [0.29, 0.717) is 12.1 Å². The first kappa shape index (κ1) is 12.5. The number of hydrogen-bond acceptors (Lipinski definition) is 3. The third kappa shape index (κ3) is 2.07. The number of ether oxygens (including phenoxy) is 1. The molecule has 0 radical (unpaired) electrons. The van der Waals surface area contributed by atoms with Gasteiger partial charge in [-0.1, -0.05) is 0 Å². The summed E-state index contributed by atoms with van der Waals surface area (Å²) in [5, 5.41) is 4.42. The Morgan fingerprint density at radius 2 is 1.95 bits per heavy atom. The zero-order chi connectivity index (χ0) is 14.1. The Morgan fingerprint density at radius 1 is 1.20 bits per heavy atom. The van der Waals surface area contributed by atoms with E-state index in [0.717, 1.165) is 17.0 Å². The molecule has 3 rings (SSSR count). The van der Waals surface area contributed by atoms with Crippen molar-refractivity contribution in [1.29, 1.82) is 0 Å². The molecule has 0 fully saturated rings. The van der Waals surface area contributed by atoms with E-state index < -0.39 is 0 Å². The molecule has 0 atom stereocenters. The number of rotatable bonds is 3. The molecule has 5 heteroatoms. The normalized spacial score (nSPS) is 10.9. The molecule has 2 heterocycles. The van der Waals surface area contributed by atoms with Crippen LogP contribution in [0.15, 0.2) is 47.5 Å². The van der Waals surface area contributed by atoms with Crippen molar-refractivity contribution in [3.05, 3.63) is 53.1 Å². The molecule has 0 bridgehead atoms. The first-order valence-corrected chi connectivity index (χ1v) is 6.47. The van der Waals surface area contributed by atoms with Crippen LogP contribution >= 0.6 is 0 Å². The second-order valence-corrected chi connectivity index (χ2v) is 4.53. The van der Waals surface area contributed by atoms with Gasteiger partial charge in [0.25, 0.3) is 5.56 Å². The van der Waals surface area contributed by atoms with Gasteiger partial charge in [0.2, 0.25) is 0 Å². The fourth-order valence-corrected chi connectivity index (χ4v) is 2.11. The van der Waals surface area contributed by atoms with Gasteiger partial charge in [-0.3, -0.25) is 4.79 Å². The van der Waals surface area contributed by atoms with Gasteiger partial charge in [-0.15, -0.1) is 0 Å². The first-order chi connectivity index (χ1) is 9.69. The quantitative estimate of drug-likeness (QED) is 0.731. The van der Waals surface area contributed by atoms with Gasteiger partial charge in [-0.25, -0.2) is 4.52 Å². The van der Waals surface area contributed by atoms with Crippen LogP contribution in [0, 0.1) is 0 Å². The Bertz CT molecular complexity index is 800. The highest BCUT2D eigenvalue weighted by Crippen LogP contribution is 2.21. The highest BCUT2D eigenvalue weighted by Gasteiger charge is 2.08. The van der Waals surface area contributed by atoms with Crippen LogP contribution in [0.2, 0.25) is 0 Å². The molecule has 0 aliphatic carbocycles. The molecular weight excluding hydrogens is 254 g/mol. The van der Waals surface area contributed by atoms with E-state index in [1.807, 2.05) is 31.2 Å². The second-order valence-electron chi connectivity index (χ2n) is 4.53. The molecule has 0 saturated carbocycles. The monoisotopic (exact) mass is 269 g/mol. The van der Waals surface area contributed by atoms with Gasteiger partial charge in [0.15, 0.2) is 0 Å². The van der Waals surface area contributed by atoms with Gasteiger partial charge >= 0.3 is 0 Å². The van der Waals surface area contributed by atoms with Crippen molar-refractivity contribution in [2.75, 3.05) is 6.61 Å². The molecule has 0 aliphatic rings. The molecule has 5 nitrogen and oxygen atoms in total. The molecule has 0 N–H and O–H groups in total. The van der Waals surface area contributed by atoms with Crippen LogP contribution in [0.3, 0.4) is 0 Å². The Labute approximate surface area is 116 Å². The van der Waals surface area contributed by atoms with Crippen LogP contribution in [0.5, 0.6) is 5.75 Å². The average Bonchev–Trinajstić information content (AvgIpc) is 2.89. The summed E-state index contributed by atoms with van der Waals surface area (Å²) in [7, 11) is 1.73. The molecule has 0 aliphatic heterocycles. The second kappa shape index (κ2) is 4.85. The minimum atomic E-state index is -0.0582. The molecule has 102 valence electrons. The highest BCUT2D eigenvalue weighted by molar-refractivity contribution is 5.66. The Balaban J connectivity index is 2.06. The lowest BCUT2D eigenvalue weighted by molar-refractivity contribution is 0.340. The lowest BCUT2D eigenvalue weighted by atomic mass is 10.1. The fraction of sp³-hybridized carbons (Fsp3) is 0.200. The van der Waals surface area contributed by atoms with E-state index in [4.69, 9.17) is 4.74 Å². The largest absolute Gasteiger partial charge is 0.494 e. The average molecular weight is 269 g/mol. The van der Waals surface area contributed by atoms with Crippen molar-refractivity contribution < 1.29 is 4.74 Å². The van der Waals surface area contributed by atoms with Crippen LogP contribution < -0.4 is 10.3 Å². The van der Waals surface area contributed by atoms with E-state index in [9.17, 15) is 4.79 Å². The number of fused-ring (bicyclic) bond motifs is 1. The minimum absolute atomic E-state index is 0.0582. The topological polar surface area (TPSA) is 48.5 Å². The lowest BCUT2D eigenvalue weighted by Gasteiger charge is -2.02. The molecule has 0 spiro atoms. The summed E-state index contributed by atoms with van der Waals surface area (Å²) in [4.78, 5) is 12.0. The maximum absolute atomic E-state index is 12.0. The molecule has 0 unspecified atom stereocenters. The zero-order valence-electron chi connectivity index (χ0n) is 11.4. The van der Waals surface area contributed by atoms with Gasteiger partial charge < -0.3 is 9.30 Å². The van der Waals surface area contributed by atoms with Crippen molar-refractivity contribution in [3.63, 3.8) is 0 Å². The molecular formula is C15H15N3O2. The van der Waals surface area contributed by atoms with Crippen LogP contribution in [0.25, 0.3) is 16.8 Å². The Hall–Kier alpha value is -2.56. The van der Waals surface area contributed by atoms with Crippen molar-refractivity contribution in [2.24, 2.45) is 7.05 Å². The molecule has 0 amide bonds. The number of aryl methyl sites for hydroxylation is 1. The van der Waals surface area contributed by atoms with Gasteiger partial charge in [0.1, 0.15) is 11.3 Å². The van der Waals surface area contributed by atoms with E-state index in [2.05, 4.69) is 5.10 Å². The highest BCUT2D eigenvalue weighted by atomic mass is 16.5. The predicted octanol–water partition coefficient (Wildman–Crippen LogP) is 2.10. The first-order valence-electron chi connectivity index (χ1n) is 6.47. The third-order valence-corrected chi connectivity index (χ3v) is 3.17. The SMILES string of the molecule is CCOc1ccc(-c2cc3c(=O)n(C)ccn3n2)cc1. The van der Waals surface area contributed by atoms with E-state index >= 15 is 0 Å². The summed E-state index contributed by atoms with van der Waals surface area (Å²) in [5.74, 6) is 0.830. The zero-order valence-corrected chi connectivity index (χ0v) is 11.4. The van der Waals surface area contributed by atoms with Crippen molar-refractivity contribution in [3.8, 4) is 17.0 Å². The molecule has 3 aromatic rings. The van der Waals surface area contributed by atoms with E-state index in [-0.39, 0.29) is 5.56 Å². The number of aromatic nitrogens is 3. The fourth-order valence-electron chi connectivity index (χ4n) is 2.11. The Kier molecular flexibility index (Phi) is 3.02. The standard InChI is InChI=1S/C15H15N3O2/c1-3-20-12-6-4-11(5-7-12)13-10-14-15(19)17(2)8-9-18(14)16-13/h4-10H,3H2,1-2H3. The van der Waals surface area contributed by atoms with Gasteiger partial charge in [0.05, 0.1) is 12.3 Å². The predicted molar refractivity (Wildman–Crippen MR) is 77.0 cm³/mol. The van der Waals surface area contributed by atoms with Crippen molar-refractivity contribution in [1.82, 2.24) is 14.2 Å². The van der Waals surface area contributed by atoms with Crippen LogP contribution in [0.4, 0.5) is 0 Å². The maximum atomic E-state index is 12.0. The summed E-state index contributed by atoms with van der Waals surface area (Å²) >= 11 is 0. The molecule has 2 aromatic heterocycles. The summed E-state index contributed by atoms with van der Waals surface area (Å²) in [5.41, 5.74) is 2.24. The van der Waals surface area contributed by atoms with Crippen LogP contribution in [0.1, 0.15) is 6.92 Å². The van der Waals surface area contributed by atoms with Crippen molar-refractivity contribution >= 4 is 5.52 Å². The third-order valence-electron chi connectivity index (χ3n) is 3.17. The number of hydrogen-bond donors (Lipinski definition) is 0. The van der Waals surface area contributed by atoms with Crippen LogP contribution in [-0.4, -0.2) is 20.8 Å². The minimum Gasteiger partial charge on any atom is -0.494 e. The summed E-state index contributed by atoms with van der Waals surface area (Å²) in [6.45, 7) is 2.59. The lowest BCUT2D eigenvalue weighted by Crippen LogP contribution is -2.17. The van der Waals surface area contributed by atoms with E-state index in [1.165, 1.54) is 0 Å². The molecule has 0 saturated heterocycles. The molecule has 1 aromatic carbocycles. The maximum Gasteiger partial charge on any atom is 0.276 e. The number of nitrogens with zero attached hydrogens (tertiary/aromatic N) is 3. The smallest absolute Gasteiger partial charge is 0.276 e. The summed E-state index contributed by atoms with van der Waals surface area (Å²) < 4.78 is 8.56. The molecule has 20 heavy (non-hydrogen) atoms. The number of benzene rings is 1. The van der Waals surface area contributed by atoms with Gasteiger partial charge in [0, 0.05) is 25.0 Å². The van der Waals surface area contributed by atoms with Gasteiger partial charge in [-0.05, 0) is 37.3 Å². The summed E-state index contributed by atoms with van der Waals surface area (Å²) in [6.07, 6.45) is 3.47. The van der Waals surface area contributed by atoms with E-state index in [1.54, 1.807) is 34.6 Å².